The van der Waals surface area contributed by atoms with Crippen LogP contribution in [0.2, 0.25) is 0 Å². The third kappa shape index (κ3) is 3.10. The molecule has 100 valence electrons. The highest BCUT2D eigenvalue weighted by Crippen LogP contribution is 2.21. The lowest BCUT2D eigenvalue weighted by molar-refractivity contribution is -0.135. The summed E-state index contributed by atoms with van der Waals surface area (Å²) in [6.45, 7) is 4.33. The number of hydrogen-bond acceptors (Lipinski definition) is 3. The quantitative estimate of drug-likeness (QED) is 0.862. The zero-order valence-electron chi connectivity index (χ0n) is 11.0. The first-order chi connectivity index (χ1) is 8.70. The molecule has 2 N–H and O–H groups in total. The van der Waals surface area contributed by atoms with Gasteiger partial charge >= 0.3 is 0 Å². The van der Waals surface area contributed by atoms with E-state index in [0.717, 1.165) is 19.4 Å². The fourth-order valence-electron chi connectivity index (χ4n) is 2.51. The van der Waals surface area contributed by atoms with Gasteiger partial charge in [-0.2, -0.15) is 0 Å². The number of carbonyl (C=O) groups excluding carboxylic acids is 1. The summed E-state index contributed by atoms with van der Waals surface area (Å²) in [6, 6.07) is 0.350. The maximum atomic E-state index is 12.2. The lowest BCUT2D eigenvalue weighted by Crippen LogP contribution is -2.47. The van der Waals surface area contributed by atoms with E-state index in [0.29, 0.717) is 31.5 Å². The van der Waals surface area contributed by atoms with Crippen LogP contribution >= 0.6 is 0 Å². The van der Waals surface area contributed by atoms with E-state index >= 15 is 0 Å². The normalized spacial score (nSPS) is 24.2. The number of likely N-dealkylation sites (tertiary alicyclic amines) is 1. The zero-order chi connectivity index (χ0) is 13.0. The third-order valence-electron chi connectivity index (χ3n) is 3.78. The van der Waals surface area contributed by atoms with E-state index in [2.05, 4.69) is 11.9 Å². The molecule has 1 aliphatic rings. The minimum atomic E-state index is 0.231. The first-order valence-electron chi connectivity index (χ1n) is 6.66. The van der Waals surface area contributed by atoms with Crippen molar-refractivity contribution in [2.75, 3.05) is 13.1 Å². The summed E-state index contributed by atoms with van der Waals surface area (Å²) in [6.07, 6.45) is 8.11. The van der Waals surface area contributed by atoms with Crippen molar-refractivity contribution in [3.63, 3.8) is 0 Å². The van der Waals surface area contributed by atoms with Crippen LogP contribution in [0, 0.1) is 5.92 Å². The van der Waals surface area contributed by atoms with E-state index in [1.54, 1.807) is 12.5 Å². The van der Waals surface area contributed by atoms with Gasteiger partial charge in [-0.05, 0) is 32.2 Å². The topological polar surface area (TPSA) is 64.2 Å². The average Bonchev–Trinajstić information content (AvgIpc) is 2.89. The van der Waals surface area contributed by atoms with Crippen molar-refractivity contribution in [1.29, 1.82) is 0 Å². The molecular formula is C13H22N4O. The Morgan fingerprint density at radius 1 is 1.50 bits per heavy atom. The first-order valence-corrected chi connectivity index (χ1v) is 6.66. The third-order valence-corrected chi connectivity index (χ3v) is 3.78. The Hall–Kier alpha value is -1.36. The molecule has 2 heterocycles. The summed E-state index contributed by atoms with van der Waals surface area (Å²) in [4.78, 5) is 18.2. The Morgan fingerprint density at radius 3 is 3.00 bits per heavy atom. The van der Waals surface area contributed by atoms with Gasteiger partial charge in [-0.25, -0.2) is 4.98 Å². The van der Waals surface area contributed by atoms with E-state index in [1.165, 1.54) is 0 Å². The Labute approximate surface area is 108 Å². The second-order valence-corrected chi connectivity index (χ2v) is 5.12. The van der Waals surface area contributed by atoms with Gasteiger partial charge in [0, 0.05) is 37.9 Å². The Morgan fingerprint density at radius 2 is 2.33 bits per heavy atom. The van der Waals surface area contributed by atoms with Crippen molar-refractivity contribution in [2.24, 2.45) is 11.7 Å². The zero-order valence-corrected chi connectivity index (χ0v) is 11.0. The maximum Gasteiger partial charge on any atom is 0.224 e. The molecule has 5 heteroatoms. The second kappa shape index (κ2) is 6.00. The van der Waals surface area contributed by atoms with Gasteiger partial charge in [-0.15, -0.1) is 0 Å². The van der Waals surface area contributed by atoms with Crippen LogP contribution in [0.3, 0.4) is 0 Å². The molecule has 2 unspecified atom stereocenters. The summed E-state index contributed by atoms with van der Waals surface area (Å²) >= 11 is 0. The second-order valence-electron chi connectivity index (χ2n) is 5.12. The van der Waals surface area contributed by atoms with Gasteiger partial charge in [0.05, 0.1) is 6.33 Å². The smallest absolute Gasteiger partial charge is 0.224 e. The number of carbonyl (C=O) groups is 1. The molecule has 2 atom stereocenters. The number of rotatable bonds is 4. The molecule has 0 bridgehead atoms. The van der Waals surface area contributed by atoms with Gasteiger partial charge in [0.15, 0.2) is 0 Å². The van der Waals surface area contributed by atoms with Gasteiger partial charge in [0.2, 0.25) is 5.91 Å². The van der Waals surface area contributed by atoms with Crippen LogP contribution in [0.25, 0.3) is 0 Å². The molecular weight excluding hydrogens is 228 g/mol. The van der Waals surface area contributed by atoms with Crippen molar-refractivity contribution < 1.29 is 4.79 Å². The van der Waals surface area contributed by atoms with Crippen LogP contribution in [0.4, 0.5) is 0 Å². The Kier molecular flexibility index (Phi) is 4.36. The fourth-order valence-corrected chi connectivity index (χ4v) is 2.51. The first kappa shape index (κ1) is 13.1. The molecule has 1 fully saturated rings. The molecule has 1 aromatic heterocycles. The minimum Gasteiger partial charge on any atom is -0.340 e. The number of nitrogens with two attached hydrogens (primary N) is 1. The molecule has 0 aromatic carbocycles. The largest absolute Gasteiger partial charge is 0.340 e. The minimum absolute atomic E-state index is 0.231. The number of hydrogen-bond donors (Lipinski definition) is 1. The van der Waals surface area contributed by atoms with E-state index in [-0.39, 0.29) is 5.91 Å². The number of aromatic nitrogens is 2. The molecule has 5 nitrogen and oxygen atoms in total. The molecule has 0 aliphatic carbocycles. The fraction of sp³-hybridized carbons (Fsp3) is 0.692. The van der Waals surface area contributed by atoms with Crippen LogP contribution in [-0.4, -0.2) is 39.5 Å². The number of amides is 1. The summed E-state index contributed by atoms with van der Waals surface area (Å²) in [5, 5.41) is 0. The average molecular weight is 250 g/mol. The lowest BCUT2D eigenvalue weighted by Gasteiger charge is -2.37. The number of piperidine rings is 1. The molecule has 18 heavy (non-hydrogen) atoms. The van der Waals surface area contributed by atoms with Gasteiger partial charge in [0.1, 0.15) is 0 Å². The number of imidazole rings is 1. The number of nitrogens with zero attached hydrogens (tertiary/aromatic N) is 3. The van der Waals surface area contributed by atoms with Gasteiger partial charge in [0.25, 0.3) is 0 Å². The van der Waals surface area contributed by atoms with Gasteiger partial charge in [-0.3, -0.25) is 4.79 Å². The molecule has 1 aromatic rings. The Bertz CT molecular complexity index is 376. The summed E-state index contributed by atoms with van der Waals surface area (Å²) in [5.41, 5.74) is 5.71. The van der Waals surface area contributed by atoms with E-state index in [1.807, 2.05) is 15.7 Å². The monoisotopic (exact) mass is 250 g/mol. The van der Waals surface area contributed by atoms with Crippen LogP contribution in [0.5, 0.6) is 0 Å². The molecule has 0 spiro atoms. The molecule has 1 amide bonds. The standard InChI is InChI=1S/C13H22N4O/c1-11-2-3-12(8-14)9-17(11)13(18)4-6-16-7-5-15-10-16/h5,7,10-12H,2-4,6,8-9,14H2,1H3. The molecule has 0 radical (unpaired) electrons. The maximum absolute atomic E-state index is 12.2. The van der Waals surface area contributed by atoms with E-state index in [4.69, 9.17) is 5.73 Å². The molecule has 1 aliphatic heterocycles. The van der Waals surface area contributed by atoms with Gasteiger partial charge in [-0.1, -0.05) is 0 Å². The summed E-state index contributed by atoms with van der Waals surface area (Å²) in [7, 11) is 0. The molecule has 1 saturated heterocycles. The highest BCUT2D eigenvalue weighted by molar-refractivity contribution is 5.76. The predicted molar refractivity (Wildman–Crippen MR) is 69.8 cm³/mol. The van der Waals surface area contributed by atoms with Crippen LogP contribution in [-0.2, 0) is 11.3 Å². The van der Waals surface area contributed by atoms with Crippen molar-refractivity contribution in [1.82, 2.24) is 14.5 Å². The van der Waals surface area contributed by atoms with Crippen molar-refractivity contribution in [3.8, 4) is 0 Å². The van der Waals surface area contributed by atoms with E-state index < -0.39 is 0 Å². The van der Waals surface area contributed by atoms with E-state index in [9.17, 15) is 4.79 Å². The Balaban J connectivity index is 1.86. The van der Waals surface area contributed by atoms with Crippen molar-refractivity contribution in [2.45, 2.75) is 38.8 Å². The summed E-state index contributed by atoms with van der Waals surface area (Å²) < 4.78 is 1.94. The van der Waals surface area contributed by atoms with Crippen molar-refractivity contribution in [3.05, 3.63) is 18.7 Å². The molecule has 2 rings (SSSR count). The molecule has 0 saturated carbocycles. The summed E-state index contributed by atoms with van der Waals surface area (Å²) in [5.74, 6) is 0.702. The SMILES string of the molecule is CC1CCC(CN)CN1C(=O)CCn1ccnc1. The highest BCUT2D eigenvalue weighted by Gasteiger charge is 2.27. The van der Waals surface area contributed by atoms with Crippen LogP contribution < -0.4 is 5.73 Å². The van der Waals surface area contributed by atoms with Crippen molar-refractivity contribution >= 4 is 5.91 Å². The van der Waals surface area contributed by atoms with Crippen LogP contribution in [0.15, 0.2) is 18.7 Å². The lowest BCUT2D eigenvalue weighted by atomic mass is 9.93. The van der Waals surface area contributed by atoms with Crippen LogP contribution in [0.1, 0.15) is 26.2 Å². The number of aryl methyl sites for hydroxylation is 1. The van der Waals surface area contributed by atoms with Gasteiger partial charge < -0.3 is 15.2 Å². The predicted octanol–water partition coefficient (Wildman–Crippen LogP) is 0.859. The highest BCUT2D eigenvalue weighted by atomic mass is 16.2.